The van der Waals surface area contributed by atoms with E-state index in [2.05, 4.69) is 62.4 Å². The maximum atomic E-state index is 9.10. The third-order valence-electron chi connectivity index (χ3n) is 3.09. The van der Waals surface area contributed by atoms with E-state index in [4.69, 9.17) is 5.26 Å². The first-order chi connectivity index (χ1) is 8.56. The largest absolute Gasteiger partial charge is 0.301 e. The van der Waals surface area contributed by atoms with Crippen molar-refractivity contribution in [3.05, 3.63) is 29.8 Å². The third kappa shape index (κ3) is 4.72. The third-order valence-corrected chi connectivity index (χ3v) is 3.83. The fourth-order valence-electron chi connectivity index (χ4n) is 1.84. The minimum Gasteiger partial charge on any atom is -0.301 e. The molecule has 1 aromatic carbocycles. The molecule has 0 fully saturated rings. The Balaban J connectivity index is 2.53. The summed E-state index contributed by atoms with van der Waals surface area (Å²) in [4.78, 5) is 3.51. The van der Waals surface area contributed by atoms with E-state index in [1.165, 1.54) is 10.5 Å². The van der Waals surface area contributed by atoms with Crippen LogP contribution in [0.2, 0.25) is 0 Å². The molecule has 2 nitrogen and oxygen atoms in total. The van der Waals surface area contributed by atoms with Crippen molar-refractivity contribution in [2.45, 2.75) is 25.3 Å². The number of hydrogen-bond acceptors (Lipinski definition) is 3. The van der Waals surface area contributed by atoms with Gasteiger partial charge in [0.05, 0.1) is 12.0 Å². The molecule has 1 unspecified atom stereocenters. The molecule has 0 heterocycles. The Morgan fingerprint density at radius 2 is 1.89 bits per heavy atom. The summed E-state index contributed by atoms with van der Waals surface area (Å²) in [5.74, 6) is 0.525. The zero-order valence-electron chi connectivity index (χ0n) is 11.7. The lowest BCUT2D eigenvalue weighted by molar-refractivity contribution is 0.265. The second kappa shape index (κ2) is 7.45. The van der Waals surface area contributed by atoms with Crippen molar-refractivity contribution in [1.29, 1.82) is 5.26 Å². The first-order valence-corrected chi connectivity index (χ1v) is 7.50. The molecule has 18 heavy (non-hydrogen) atoms. The molecular formula is C15H22N2S. The summed E-state index contributed by atoms with van der Waals surface area (Å²) in [7, 11) is 2.08. The van der Waals surface area contributed by atoms with E-state index >= 15 is 0 Å². The summed E-state index contributed by atoms with van der Waals surface area (Å²) in [5, 5.41) is 9.10. The van der Waals surface area contributed by atoms with Crippen LogP contribution in [0.15, 0.2) is 29.2 Å². The van der Waals surface area contributed by atoms with Crippen LogP contribution in [0.25, 0.3) is 0 Å². The molecule has 3 heteroatoms. The lowest BCUT2D eigenvalue weighted by Gasteiger charge is -2.22. The summed E-state index contributed by atoms with van der Waals surface area (Å²) in [6, 6.07) is 11.0. The van der Waals surface area contributed by atoms with Gasteiger partial charge in [-0.05, 0) is 36.9 Å². The molecule has 0 aliphatic heterocycles. The molecule has 0 saturated carbocycles. The number of hydrogen-bond donors (Lipinski definition) is 0. The highest BCUT2D eigenvalue weighted by Gasteiger charge is 2.14. The molecule has 0 N–H and O–H groups in total. The van der Waals surface area contributed by atoms with E-state index in [1.807, 2.05) is 0 Å². The number of benzene rings is 1. The molecule has 0 aliphatic carbocycles. The van der Waals surface area contributed by atoms with Gasteiger partial charge in [0.1, 0.15) is 0 Å². The highest BCUT2D eigenvalue weighted by atomic mass is 32.2. The average Bonchev–Trinajstić information content (AvgIpc) is 2.36. The van der Waals surface area contributed by atoms with Crippen molar-refractivity contribution in [2.75, 3.05) is 19.8 Å². The Labute approximate surface area is 115 Å². The highest BCUT2D eigenvalue weighted by Crippen LogP contribution is 2.17. The second-order valence-corrected chi connectivity index (χ2v) is 5.90. The molecule has 0 radical (unpaired) electrons. The van der Waals surface area contributed by atoms with E-state index in [1.54, 1.807) is 11.8 Å². The van der Waals surface area contributed by atoms with Gasteiger partial charge in [0.25, 0.3) is 0 Å². The second-order valence-electron chi connectivity index (χ2n) is 5.02. The van der Waals surface area contributed by atoms with Crippen LogP contribution in [0.1, 0.15) is 19.4 Å². The van der Waals surface area contributed by atoms with Crippen LogP contribution >= 0.6 is 11.8 Å². The molecule has 0 bridgehead atoms. The van der Waals surface area contributed by atoms with Crippen molar-refractivity contribution < 1.29 is 0 Å². The van der Waals surface area contributed by atoms with Crippen LogP contribution in [0, 0.1) is 23.2 Å². The van der Waals surface area contributed by atoms with E-state index in [0.29, 0.717) is 5.92 Å². The summed E-state index contributed by atoms with van der Waals surface area (Å²) < 4.78 is 0. The standard InChI is InChI=1S/C15H22N2S/c1-12(2)14(9-16)11-17(3)10-13-5-7-15(18-4)8-6-13/h5-8,12,14H,10-11H2,1-4H3. The van der Waals surface area contributed by atoms with Gasteiger partial charge >= 0.3 is 0 Å². The first kappa shape index (κ1) is 15.1. The molecule has 0 aromatic heterocycles. The Morgan fingerprint density at radius 1 is 1.28 bits per heavy atom. The maximum Gasteiger partial charge on any atom is 0.0672 e. The molecule has 1 atom stereocenters. The van der Waals surface area contributed by atoms with Crippen LogP contribution in [0.4, 0.5) is 0 Å². The van der Waals surface area contributed by atoms with Gasteiger partial charge in [0.2, 0.25) is 0 Å². The summed E-state index contributed by atoms with van der Waals surface area (Å²) in [6.07, 6.45) is 2.08. The summed E-state index contributed by atoms with van der Waals surface area (Å²) >= 11 is 1.76. The minimum atomic E-state index is 0.112. The Bertz CT molecular complexity index is 392. The number of thioether (sulfide) groups is 1. The van der Waals surface area contributed by atoms with Crippen LogP contribution in [-0.4, -0.2) is 24.7 Å². The number of nitriles is 1. The van der Waals surface area contributed by atoms with Crippen molar-refractivity contribution in [2.24, 2.45) is 11.8 Å². The van der Waals surface area contributed by atoms with Crippen LogP contribution in [0.5, 0.6) is 0 Å². The van der Waals surface area contributed by atoms with E-state index < -0.39 is 0 Å². The predicted molar refractivity (Wildman–Crippen MR) is 78.5 cm³/mol. The van der Waals surface area contributed by atoms with E-state index in [0.717, 1.165) is 13.1 Å². The van der Waals surface area contributed by atoms with Crippen LogP contribution in [0.3, 0.4) is 0 Å². The molecule has 98 valence electrons. The zero-order chi connectivity index (χ0) is 13.5. The normalized spacial score (nSPS) is 12.7. The van der Waals surface area contributed by atoms with Gasteiger partial charge in [-0.25, -0.2) is 0 Å². The van der Waals surface area contributed by atoms with Crippen LogP contribution < -0.4 is 0 Å². The summed E-state index contributed by atoms with van der Waals surface area (Å²) in [5.41, 5.74) is 1.30. The fraction of sp³-hybridized carbons (Fsp3) is 0.533. The van der Waals surface area contributed by atoms with E-state index in [-0.39, 0.29) is 5.92 Å². The Kier molecular flexibility index (Phi) is 6.24. The van der Waals surface area contributed by atoms with Gasteiger partial charge in [-0.2, -0.15) is 5.26 Å². The maximum absolute atomic E-state index is 9.10. The molecule has 0 saturated heterocycles. The van der Waals surface area contributed by atoms with Crippen LogP contribution in [-0.2, 0) is 6.54 Å². The lowest BCUT2D eigenvalue weighted by Crippen LogP contribution is -2.27. The van der Waals surface area contributed by atoms with Gasteiger partial charge in [-0.15, -0.1) is 11.8 Å². The van der Waals surface area contributed by atoms with Gasteiger partial charge < -0.3 is 4.90 Å². The monoisotopic (exact) mass is 262 g/mol. The number of nitrogens with zero attached hydrogens (tertiary/aromatic N) is 2. The van der Waals surface area contributed by atoms with Crippen molar-refractivity contribution in [3.63, 3.8) is 0 Å². The predicted octanol–water partition coefficient (Wildman–Crippen LogP) is 3.64. The molecular weight excluding hydrogens is 240 g/mol. The van der Waals surface area contributed by atoms with Gasteiger partial charge in [-0.3, -0.25) is 0 Å². The highest BCUT2D eigenvalue weighted by molar-refractivity contribution is 7.98. The van der Waals surface area contributed by atoms with Crippen molar-refractivity contribution in [3.8, 4) is 6.07 Å². The average molecular weight is 262 g/mol. The lowest BCUT2D eigenvalue weighted by atomic mass is 9.97. The zero-order valence-corrected chi connectivity index (χ0v) is 12.5. The molecule has 1 aromatic rings. The van der Waals surface area contributed by atoms with Gasteiger partial charge in [0, 0.05) is 18.0 Å². The fourth-order valence-corrected chi connectivity index (χ4v) is 2.25. The smallest absolute Gasteiger partial charge is 0.0672 e. The Morgan fingerprint density at radius 3 is 2.33 bits per heavy atom. The quantitative estimate of drug-likeness (QED) is 0.732. The first-order valence-electron chi connectivity index (χ1n) is 6.28. The molecule has 0 spiro atoms. The van der Waals surface area contributed by atoms with Crippen molar-refractivity contribution >= 4 is 11.8 Å². The van der Waals surface area contributed by atoms with E-state index in [9.17, 15) is 0 Å². The minimum absolute atomic E-state index is 0.112. The molecule has 0 aliphatic rings. The SMILES string of the molecule is CSc1ccc(CN(C)CC(C#N)C(C)C)cc1. The van der Waals surface area contributed by atoms with Gasteiger partial charge in [-0.1, -0.05) is 26.0 Å². The topological polar surface area (TPSA) is 27.0 Å². The number of rotatable bonds is 6. The molecule has 0 amide bonds. The Hall–Kier alpha value is -0.980. The van der Waals surface area contributed by atoms with Gasteiger partial charge in [0.15, 0.2) is 0 Å². The summed E-state index contributed by atoms with van der Waals surface area (Å²) in [6.45, 7) is 5.95. The molecule has 1 rings (SSSR count). The van der Waals surface area contributed by atoms with Crippen molar-refractivity contribution in [1.82, 2.24) is 4.90 Å².